The summed E-state index contributed by atoms with van der Waals surface area (Å²) in [6.07, 6.45) is 4.84. The van der Waals surface area contributed by atoms with Crippen LogP contribution in [0.4, 0.5) is 0 Å². The fraction of sp³-hybridized carbons (Fsp3) is 0.545. The van der Waals surface area contributed by atoms with E-state index in [1.54, 1.807) is 19.1 Å². The molecule has 0 amide bonds. The van der Waals surface area contributed by atoms with Crippen molar-refractivity contribution in [3.05, 3.63) is 24.3 Å². The number of halogens is 1. The van der Waals surface area contributed by atoms with Gasteiger partial charge in [0, 0.05) is 12.0 Å². The zero-order valence-electron chi connectivity index (χ0n) is 8.76. The van der Waals surface area contributed by atoms with E-state index in [0.29, 0.717) is 0 Å². The highest BCUT2D eigenvalue weighted by atomic mass is 35.5. The van der Waals surface area contributed by atoms with Crippen LogP contribution in [0.3, 0.4) is 0 Å². The number of ether oxygens (including phenoxy) is 1. The molecule has 0 aromatic rings. The highest BCUT2D eigenvalue weighted by Gasteiger charge is 2.22. The second kappa shape index (κ2) is 5.33. The molecular formula is C11H15ClO3. The van der Waals surface area contributed by atoms with Gasteiger partial charge in [-0.05, 0) is 13.0 Å². The van der Waals surface area contributed by atoms with E-state index in [4.69, 9.17) is 16.3 Å². The number of carbonyl (C=O) groups excluding carboxylic acids is 1. The lowest BCUT2D eigenvalue weighted by Gasteiger charge is -2.23. The molecule has 4 atom stereocenters. The third-order valence-electron chi connectivity index (χ3n) is 2.47. The summed E-state index contributed by atoms with van der Waals surface area (Å²) in [5, 5.41) is 9.12. The lowest BCUT2D eigenvalue weighted by atomic mass is 10.0. The smallest absolute Gasteiger partial charge is 0.330 e. The quantitative estimate of drug-likeness (QED) is 0.391. The third-order valence-corrected chi connectivity index (χ3v) is 3.01. The van der Waals surface area contributed by atoms with Gasteiger partial charge >= 0.3 is 5.97 Å². The summed E-state index contributed by atoms with van der Waals surface area (Å²) in [6, 6.07) is 0. The summed E-state index contributed by atoms with van der Waals surface area (Å²) >= 11 is 6.06. The number of carbonyl (C=O) groups is 1. The maximum absolute atomic E-state index is 11.2. The number of hydrogen-bond acceptors (Lipinski definition) is 3. The van der Waals surface area contributed by atoms with E-state index >= 15 is 0 Å². The molecule has 0 aliphatic carbocycles. The van der Waals surface area contributed by atoms with Crippen molar-refractivity contribution in [2.24, 2.45) is 5.92 Å². The van der Waals surface area contributed by atoms with Crippen LogP contribution in [-0.4, -0.2) is 28.7 Å². The minimum absolute atomic E-state index is 0.00515. The molecule has 0 radical (unpaired) electrons. The third kappa shape index (κ3) is 3.68. The summed E-state index contributed by atoms with van der Waals surface area (Å²) in [7, 11) is 0. The van der Waals surface area contributed by atoms with Gasteiger partial charge in [-0.1, -0.05) is 19.1 Å². The number of esters is 1. The Labute approximate surface area is 94.4 Å². The minimum atomic E-state index is -0.792. The van der Waals surface area contributed by atoms with E-state index in [1.807, 2.05) is 6.92 Å². The summed E-state index contributed by atoms with van der Waals surface area (Å²) in [5.74, 6) is -0.446. The Morgan fingerprint density at radius 1 is 1.33 bits per heavy atom. The molecule has 1 N–H and O–H groups in total. The minimum Gasteiger partial charge on any atom is -0.459 e. The van der Waals surface area contributed by atoms with E-state index in [0.717, 1.165) is 0 Å². The molecule has 15 heavy (non-hydrogen) atoms. The van der Waals surface area contributed by atoms with E-state index in [2.05, 4.69) is 0 Å². The molecule has 1 aliphatic heterocycles. The van der Waals surface area contributed by atoms with Crippen molar-refractivity contribution in [3.8, 4) is 0 Å². The summed E-state index contributed by atoms with van der Waals surface area (Å²) < 4.78 is 5.10. The van der Waals surface area contributed by atoms with Gasteiger partial charge in [0.15, 0.2) is 0 Å². The van der Waals surface area contributed by atoms with Gasteiger partial charge in [-0.2, -0.15) is 0 Å². The molecule has 0 bridgehead atoms. The van der Waals surface area contributed by atoms with Crippen LogP contribution in [0.5, 0.6) is 0 Å². The van der Waals surface area contributed by atoms with Crippen molar-refractivity contribution in [1.29, 1.82) is 0 Å². The van der Waals surface area contributed by atoms with Crippen LogP contribution in [0.1, 0.15) is 13.8 Å². The first kappa shape index (κ1) is 12.3. The van der Waals surface area contributed by atoms with Gasteiger partial charge in [-0.15, -0.1) is 11.6 Å². The summed E-state index contributed by atoms with van der Waals surface area (Å²) in [5.41, 5.74) is 0. The number of aliphatic hydroxyl groups excluding tert-OH is 1. The van der Waals surface area contributed by atoms with Crippen LogP contribution in [0.2, 0.25) is 0 Å². The molecule has 4 heteroatoms. The van der Waals surface area contributed by atoms with Crippen molar-refractivity contribution in [2.75, 3.05) is 0 Å². The van der Waals surface area contributed by atoms with Gasteiger partial charge in [0.05, 0.1) is 11.5 Å². The predicted octanol–water partition coefficient (Wildman–Crippen LogP) is 1.65. The van der Waals surface area contributed by atoms with Crippen LogP contribution in [0.15, 0.2) is 24.3 Å². The van der Waals surface area contributed by atoms with E-state index < -0.39 is 12.1 Å². The molecule has 1 heterocycles. The molecule has 1 aliphatic rings. The first-order valence-corrected chi connectivity index (χ1v) is 5.33. The highest BCUT2D eigenvalue weighted by Crippen LogP contribution is 2.19. The average Bonchev–Trinajstić information content (AvgIpc) is 2.20. The Bertz CT molecular complexity index is 286. The van der Waals surface area contributed by atoms with Crippen LogP contribution in [0, 0.1) is 5.92 Å². The van der Waals surface area contributed by atoms with E-state index in [9.17, 15) is 9.90 Å². The number of rotatable bonds is 0. The monoisotopic (exact) mass is 230 g/mol. The fourth-order valence-corrected chi connectivity index (χ4v) is 1.51. The first-order valence-electron chi connectivity index (χ1n) is 4.90. The van der Waals surface area contributed by atoms with Crippen molar-refractivity contribution >= 4 is 17.6 Å². The fourth-order valence-electron chi connectivity index (χ4n) is 1.23. The van der Waals surface area contributed by atoms with E-state index in [-0.39, 0.29) is 17.4 Å². The van der Waals surface area contributed by atoms with Gasteiger partial charge < -0.3 is 9.84 Å². The standard InChI is InChI=1S/C11H15ClO3/c1-7-8(2)15-11(14)6-4-9(13)3-5-10(7)12/h3-10,13H,1-2H3/b5-3+,6-4-/t7-,8+,9+,10?/m0/s1. The van der Waals surface area contributed by atoms with Crippen LogP contribution in [-0.2, 0) is 9.53 Å². The molecule has 0 aromatic carbocycles. The molecule has 0 aromatic heterocycles. The first-order chi connectivity index (χ1) is 7.00. The second-order valence-electron chi connectivity index (χ2n) is 3.68. The maximum Gasteiger partial charge on any atom is 0.330 e. The Morgan fingerprint density at radius 3 is 2.67 bits per heavy atom. The van der Waals surface area contributed by atoms with E-state index in [1.165, 1.54) is 12.2 Å². The number of aliphatic hydroxyl groups is 1. The zero-order valence-corrected chi connectivity index (χ0v) is 9.52. The Balaban J connectivity index is 2.84. The molecule has 84 valence electrons. The van der Waals surface area contributed by atoms with Crippen LogP contribution >= 0.6 is 11.6 Å². The van der Waals surface area contributed by atoms with Crippen LogP contribution in [0.25, 0.3) is 0 Å². The van der Waals surface area contributed by atoms with Crippen molar-refractivity contribution < 1.29 is 14.6 Å². The molecule has 0 fully saturated rings. The highest BCUT2D eigenvalue weighted by molar-refractivity contribution is 6.22. The molecule has 3 nitrogen and oxygen atoms in total. The Hall–Kier alpha value is -0.800. The maximum atomic E-state index is 11.2. The van der Waals surface area contributed by atoms with Gasteiger partial charge in [0.2, 0.25) is 0 Å². The number of cyclic esters (lactones) is 1. The molecule has 1 unspecified atom stereocenters. The average molecular weight is 231 g/mol. The number of hydrogen-bond donors (Lipinski definition) is 1. The summed E-state index contributed by atoms with van der Waals surface area (Å²) in [4.78, 5) is 11.2. The second-order valence-corrected chi connectivity index (χ2v) is 4.18. The SMILES string of the molecule is C[C@@H]1C(Cl)/C=C/[C@@H](O)/C=C\C(=O)O[C@@H]1C. The normalized spacial score (nSPS) is 41.7. The van der Waals surface area contributed by atoms with Gasteiger partial charge in [0.25, 0.3) is 0 Å². The van der Waals surface area contributed by atoms with Crippen LogP contribution < -0.4 is 0 Å². The summed E-state index contributed by atoms with van der Waals surface area (Å²) in [6.45, 7) is 3.70. The van der Waals surface area contributed by atoms with Gasteiger partial charge in [-0.3, -0.25) is 0 Å². The lowest BCUT2D eigenvalue weighted by Crippen LogP contribution is -2.27. The zero-order chi connectivity index (χ0) is 11.4. The number of allylic oxidation sites excluding steroid dienone is 1. The van der Waals surface area contributed by atoms with Crippen molar-refractivity contribution in [3.63, 3.8) is 0 Å². The van der Waals surface area contributed by atoms with Gasteiger partial charge in [-0.25, -0.2) is 4.79 Å². The molecule has 0 saturated carbocycles. The van der Waals surface area contributed by atoms with Crippen molar-refractivity contribution in [2.45, 2.75) is 31.4 Å². The molecule has 0 spiro atoms. The number of alkyl halides is 1. The Morgan fingerprint density at radius 2 is 2.00 bits per heavy atom. The van der Waals surface area contributed by atoms with Gasteiger partial charge in [0.1, 0.15) is 6.10 Å². The molecule has 1 rings (SSSR count). The Kier molecular flexibility index (Phi) is 4.36. The molecular weight excluding hydrogens is 216 g/mol. The lowest BCUT2D eigenvalue weighted by molar-refractivity contribution is -0.144. The van der Waals surface area contributed by atoms with Crippen molar-refractivity contribution in [1.82, 2.24) is 0 Å². The topological polar surface area (TPSA) is 46.5 Å². The molecule has 0 saturated heterocycles. The predicted molar refractivity (Wildman–Crippen MR) is 58.6 cm³/mol. The largest absolute Gasteiger partial charge is 0.459 e.